The lowest BCUT2D eigenvalue weighted by Crippen LogP contribution is -2.34. The first kappa shape index (κ1) is 17.3. The number of halogens is 1. The third-order valence-corrected chi connectivity index (χ3v) is 4.54. The lowest BCUT2D eigenvalue weighted by Gasteiger charge is -2.22. The highest BCUT2D eigenvalue weighted by Gasteiger charge is 2.33. The maximum Gasteiger partial charge on any atom is 0.261 e. The summed E-state index contributed by atoms with van der Waals surface area (Å²) in [7, 11) is 5.00. The van der Waals surface area contributed by atoms with Crippen LogP contribution in [0.3, 0.4) is 0 Å². The van der Waals surface area contributed by atoms with Gasteiger partial charge in [0.2, 0.25) is 0 Å². The predicted molar refractivity (Wildman–Crippen MR) is 92.5 cm³/mol. The number of aromatic nitrogens is 1. The molecule has 0 N–H and O–H groups in total. The van der Waals surface area contributed by atoms with Crippen molar-refractivity contribution in [2.45, 2.75) is 25.8 Å². The van der Waals surface area contributed by atoms with Crippen LogP contribution in [0.2, 0.25) is 0 Å². The molecule has 0 spiro atoms. The number of benzene rings is 1. The zero-order valence-electron chi connectivity index (χ0n) is 14.9. The number of methoxy groups -OCH3 is 1. The van der Waals surface area contributed by atoms with Crippen LogP contribution in [0.1, 0.15) is 30.1 Å². The summed E-state index contributed by atoms with van der Waals surface area (Å²) < 4.78 is 24.2. The molecule has 134 valence electrons. The van der Waals surface area contributed by atoms with Gasteiger partial charge in [0.05, 0.1) is 7.11 Å². The van der Waals surface area contributed by atoms with E-state index in [1.165, 1.54) is 19.2 Å². The highest BCUT2D eigenvalue weighted by molar-refractivity contribution is 6.04. The van der Waals surface area contributed by atoms with Crippen molar-refractivity contribution in [2.24, 2.45) is 0 Å². The van der Waals surface area contributed by atoms with Crippen LogP contribution >= 0.6 is 0 Å². The van der Waals surface area contributed by atoms with Gasteiger partial charge in [0.25, 0.3) is 5.91 Å². The first-order valence-electron chi connectivity index (χ1n) is 8.26. The number of likely N-dealkylation sites (tertiary alicyclic amines) is 1. The van der Waals surface area contributed by atoms with E-state index in [1.807, 2.05) is 11.8 Å². The van der Waals surface area contributed by atoms with E-state index in [1.54, 1.807) is 25.1 Å². The van der Waals surface area contributed by atoms with Crippen LogP contribution in [-0.2, 0) is 0 Å². The quantitative estimate of drug-likeness (QED) is 0.850. The number of anilines is 1. The molecule has 25 heavy (non-hydrogen) atoms. The molecule has 1 atom stereocenters. The average Bonchev–Trinajstić information content (AvgIpc) is 3.21. The molecule has 0 saturated carbocycles. The minimum Gasteiger partial charge on any atom is -0.494 e. The molecule has 1 saturated heterocycles. The standard InChI is InChI=1S/C18H22FN3O3/c1-11-6-5-9-22(11)18(23)15-16(25-20-17(15)21(2)3)12-7-8-13(19)14(10-12)24-4/h7-8,10-11H,5-6,9H2,1-4H3. The summed E-state index contributed by atoms with van der Waals surface area (Å²) in [5.41, 5.74) is 0.946. The molecule has 1 aliphatic rings. The van der Waals surface area contributed by atoms with E-state index < -0.39 is 5.82 Å². The van der Waals surface area contributed by atoms with E-state index in [-0.39, 0.29) is 17.7 Å². The van der Waals surface area contributed by atoms with Crippen LogP contribution < -0.4 is 9.64 Å². The zero-order valence-corrected chi connectivity index (χ0v) is 14.9. The van der Waals surface area contributed by atoms with Gasteiger partial charge < -0.3 is 19.1 Å². The Bertz CT molecular complexity index is 788. The summed E-state index contributed by atoms with van der Waals surface area (Å²) in [5.74, 6) is 0.287. The molecule has 1 aromatic carbocycles. The van der Waals surface area contributed by atoms with E-state index in [2.05, 4.69) is 5.16 Å². The number of amides is 1. The smallest absolute Gasteiger partial charge is 0.261 e. The second-order valence-electron chi connectivity index (χ2n) is 6.44. The number of hydrogen-bond acceptors (Lipinski definition) is 5. The molecule has 1 fully saturated rings. The van der Waals surface area contributed by atoms with E-state index >= 15 is 0 Å². The van der Waals surface area contributed by atoms with Crippen LogP contribution in [0.15, 0.2) is 22.7 Å². The zero-order chi connectivity index (χ0) is 18.1. The molecule has 1 aromatic heterocycles. The molecule has 0 bridgehead atoms. The Hall–Kier alpha value is -2.57. The van der Waals surface area contributed by atoms with Gasteiger partial charge in [0.15, 0.2) is 23.1 Å². The first-order valence-corrected chi connectivity index (χ1v) is 8.26. The summed E-state index contributed by atoms with van der Waals surface area (Å²) in [6, 6.07) is 4.54. The monoisotopic (exact) mass is 347 g/mol. The summed E-state index contributed by atoms with van der Waals surface area (Å²) >= 11 is 0. The second kappa shape index (κ2) is 6.74. The Morgan fingerprint density at radius 1 is 1.44 bits per heavy atom. The first-order chi connectivity index (χ1) is 11.9. The van der Waals surface area contributed by atoms with E-state index in [4.69, 9.17) is 9.26 Å². The van der Waals surface area contributed by atoms with Crippen molar-refractivity contribution in [3.05, 3.63) is 29.6 Å². The summed E-state index contributed by atoms with van der Waals surface area (Å²) in [4.78, 5) is 16.7. The molecule has 2 heterocycles. The maximum absolute atomic E-state index is 13.7. The number of carbonyl (C=O) groups is 1. The van der Waals surface area contributed by atoms with Gasteiger partial charge in [-0.1, -0.05) is 5.16 Å². The van der Waals surface area contributed by atoms with Gasteiger partial charge in [0, 0.05) is 32.2 Å². The average molecular weight is 347 g/mol. The normalized spacial score (nSPS) is 17.0. The summed E-state index contributed by atoms with van der Waals surface area (Å²) in [6.45, 7) is 2.75. The van der Waals surface area contributed by atoms with Crippen molar-refractivity contribution in [2.75, 3.05) is 32.6 Å². The van der Waals surface area contributed by atoms with Crippen LogP contribution in [0.4, 0.5) is 10.2 Å². The molecule has 3 rings (SSSR count). The number of carbonyl (C=O) groups excluding carboxylic acids is 1. The molecule has 1 amide bonds. The van der Waals surface area contributed by atoms with Gasteiger partial charge >= 0.3 is 0 Å². The fraction of sp³-hybridized carbons (Fsp3) is 0.444. The summed E-state index contributed by atoms with van der Waals surface area (Å²) in [5, 5.41) is 4.06. The Balaban J connectivity index is 2.10. The maximum atomic E-state index is 13.7. The van der Waals surface area contributed by atoms with Gasteiger partial charge in [0.1, 0.15) is 5.56 Å². The molecule has 0 radical (unpaired) electrons. The fourth-order valence-corrected chi connectivity index (χ4v) is 3.16. The topological polar surface area (TPSA) is 58.8 Å². The van der Waals surface area contributed by atoms with Crippen molar-refractivity contribution in [3.63, 3.8) is 0 Å². The van der Waals surface area contributed by atoms with Gasteiger partial charge in [-0.3, -0.25) is 4.79 Å². The van der Waals surface area contributed by atoms with Gasteiger partial charge in [-0.05, 0) is 38.0 Å². The largest absolute Gasteiger partial charge is 0.494 e. The number of ether oxygens (including phenoxy) is 1. The lowest BCUT2D eigenvalue weighted by atomic mass is 10.1. The Morgan fingerprint density at radius 3 is 2.80 bits per heavy atom. The molecular weight excluding hydrogens is 325 g/mol. The van der Waals surface area contributed by atoms with Gasteiger partial charge in [-0.15, -0.1) is 0 Å². The third-order valence-electron chi connectivity index (χ3n) is 4.54. The molecule has 2 aromatic rings. The Labute approximate surface area is 146 Å². The highest BCUT2D eigenvalue weighted by atomic mass is 19.1. The fourth-order valence-electron chi connectivity index (χ4n) is 3.16. The molecule has 7 heteroatoms. The minimum atomic E-state index is -0.473. The minimum absolute atomic E-state index is 0.0910. The molecule has 0 aliphatic carbocycles. The predicted octanol–water partition coefficient (Wildman–Crippen LogP) is 3.18. The van der Waals surface area contributed by atoms with Crippen LogP contribution in [0, 0.1) is 5.82 Å². The Morgan fingerprint density at radius 2 is 2.20 bits per heavy atom. The van der Waals surface area contributed by atoms with Gasteiger partial charge in [-0.25, -0.2) is 4.39 Å². The number of nitrogens with zero attached hydrogens (tertiary/aromatic N) is 3. The van der Waals surface area contributed by atoms with E-state index in [0.29, 0.717) is 29.2 Å². The van der Waals surface area contributed by atoms with Crippen LogP contribution in [0.5, 0.6) is 5.75 Å². The van der Waals surface area contributed by atoms with Crippen LogP contribution in [-0.4, -0.2) is 49.8 Å². The van der Waals surface area contributed by atoms with E-state index in [9.17, 15) is 9.18 Å². The SMILES string of the molecule is COc1cc(-c2onc(N(C)C)c2C(=O)N2CCCC2C)ccc1F. The molecule has 1 unspecified atom stereocenters. The molecular formula is C18H22FN3O3. The highest BCUT2D eigenvalue weighted by Crippen LogP contribution is 2.35. The molecule has 6 nitrogen and oxygen atoms in total. The third kappa shape index (κ3) is 3.06. The summed E-state index contributed by atoms with van der Waals surface area (Å²) in [6.07, 6.45) is 1.96. The van der Waals surface area contributed by atoms with E-state index in [0.717, 1.165) is 12.8 Å². The second-order valence-corrected chi connectivity index (χ2v) is 6.44. The molecule has 1 aliphatic heterocycles. The number of rotatable bonds is 4. The van der Waals surface area contributed by atoms with Crippen molar-refractivity contribution >= 4 is 11.7 Å². The van der Waals surface area contributed by atoms with Crippen LogP contribution in [0.25, 0.3) is 11.3 Å². The van der Waals surface area contributed by atoms with Crippen molar-refractivity contribution in [3.8, 4) is 17.1 Å². The Kier molecular flexibility index (Phi) is 4.65. The number of hydrogen-bond donors (Lipinski definition) is 0. The van der Waals surface area contributed by atoms with Gasteiger partial charge in [-0.2, -0.15) is 0 Å². The van der Waals surface area contributed by atoms with Crippen molar-refractivity contribution < 1.29 is 18.4 Å². The van der Waals surface area contributed by atoms with Crippen molar-refractivity contribution in [1.29, 1.82) is 0 Å². The van der Waals surface area contributed by atoms with Crippen molar-refractivity contribution in [1.82, 2.24) is 10.1 Å². The lowest BCUT2D eigenvalue weighted by molar-refractivity contribution is 0.0748.